The van der Waals surface area contributed by atoms with Crippen molar-refractivity contribution in [1.29, 1.82) is 0 Å². The van der Waals surface area contributed by atoms with E-state index >= 15 is 0 Å². The molecule has 0 aliphatic rings. The Bertz CT molecular complexity index is 525. The highest BCUT2D eigenvalue weighted by molar-refractivity contribution is 9.10. The Hall–Kier alpha value is -0.710. The van der Waals surface area contributed by atoms with Gasteiger partial charge in [-0.3, -0.25) is 0 Å². The molecule has 1 N–H and O–H groups in total. The Labute approximate surface area is 126 Å². The minimum absolute atomic E-state index is 0.197. The fourth-order valence-corrected chi connectivity index (χ4v) is 3.39. The van der Waals surface area contributed by atoms with Crippen LogP contribution in [0.5, 0.6) is 0 Å². The second-order valence-corrected chi connectivity index (χ2v) is 6.69. The zero-order valence-corrected chi connectivity index (χ0v) is 13.4. The molecule has 0 saturated heterocycles. The van der Waals surface area contributed by atoms with E-state index in [-0.39, 0.29) is 5.82 Å². The predicted molar refractivity (Wildman–Crippen MR) is 82.8 cm³/mol. The lowest BCUT2D eigenvalue weighted by molar-refractivity contribution is 0.416. The molecule has 4 heteroatoms. The van der Waals surface area contributed by atoms with Gasteiger partial charge in [0.15, 0.2) is 0 Å². The van der Waals surface area contributed by atoms with Crippen molar-refractivity contribution in [2.45, 2.75) is 26.4 Å². The first-order valence-corrected chi connectivity index (χ1v) is 7.96. The second kappa shape index (κ2) is 6.64. The summed E-state index contributed by atoms with van der Waals surface area (Å²) in [5.74, 6) is 0.295. The second-order valence-electron chi connectivity index (χ2n) is 4.85. The average molecular weight is 342 g/mol. The van der Waals surface area contributed by atoms with Crippen LogP contribution in [-0.2, 0) is 6.54 Å². The number of rotatable bonds is 5. The van der Waals surface area contributed by atoms with E-state index in [1.165, 1.54) is 10.9 Å². The lowest BCUT2D eigenvalue weighted by Crippen LogP contribution is -2.24. The maximum absolute atomic E-state index is 13.3. The van der Waals surface area contributed by atoms with Crippen LogP contribution in [0.1, 0.15) is 30.3 Å². The highest BCUT2D eigenvalue weighted by Gasteiger charge is 2.16. The van der Waals surface area contributed by atoms with Crippen LogP contribution in [0.3, 0.4) is 0 Å². The molecule has 1 atom stereocenters. The van der Waals surface area contributed by atoms with Crippen LogP contribution in [0.15, 0.2) is 40.2 Å². The first-order chi connectivity index (χ1) is 9.08. The Morgan fingerprint density at radius 2 is 2.11 bits per heavy atom. The monoisotopic (exact) mass is 341 g/mol. The molecule has 0 saturated carbocycles. The summed E-state index contributed by atoms with van der Waals surface area (Å²) in [7, 11) is 0. The van der Waals surface area contributed by atoms with Crippen LogP contribution in [0.25, 0.3) is 0 Å². The van der Waals surface area contributed by atoms with Crippen LogP contribution in [0.4, 0.5) is 4.39 Å². The molecule has 0 fully saturated rings. The highest BCUT2D eigenvalue weighted by atomic mass is 79.9. The Morgan fingerprint density at radius 1 is 1.32 bits per heavy atom. The zero-order valence-electron chi connectivity index (χ0n) is 11.0. The van der Waals surface area contributed by atoms with Crippen molar-refractivity contribution in [2.75, 3.05) is 0 Å². The lowest BCUT2D eigenvalue weighted by atomic mass is 10.0. The standard InChI is InChI=1S/C15H17BrFNS/c1-10(2)15(14-4-3-7-19-14)18-9-11-8-12(17)5-6-13(11)16/h3-8,10,15,18H,9H2,1-2H3. The summed E-state index contributed by atoms with van der Waals surface area (Å²) in [5.41, 5.74) is 0.946. The molecule has 2 rings (SSSR count). The molecule has 0 bridgehead atoms. The third-order valence-electron chi connectivity index (χ3n) is 3.04. The summed E-state index contributed by atoms with van der Waals surface area (Å²) in [6.45, 7) is 5.04. The van der Waals surface area contributed by atoms with E-state index in [1.807, 2.05) is 0 Å². The van der Waals surface area contributed by atoms with Crippen LogP contribution < -0.4 is 5.32 Å². The Balaban J connectivity index is 2.09. The van der Waals surface area contributed by atoms with Gasteiger partial charge in [-0.15, -0.1) is 11.3 Å². The first-order valence-electron chi connectivity index (χ1n) is 6.28. The largest absolute Gasteiger partial charge is 0.305 e. The van der Waals surface area contributed by atoms with E-state index in [0.29, 0.717) is 18.5 Å². The predicted octanol–water partition coefficient (Wildman–Crippen LogP) is 5.14. The quantitative estimate of drug-likeness (QED) is 0.794. The van der Waals surface area contributed by atoms with Gasteiger partial charge in [-0.1, -0.05) is 35.8 Å². The van der Waals surface area contributed by atoms with E-state index in [1.54, 1.807) is 23.5 Å². The minimum Gasteiger partial charge on any atom is -0.305 e. The van der Waals surface area contributed by atoms with Gasteiger partial charge < -0.3 is 5.32 Å². The molecule has 1 aromatic carbocycles. The molecule has 0 aliphatic heterocycles. The van der Waals surface area contributed by atoms with E-state index < -0.39 is 0 Å². The van der Waals surface area contributed by atoms with Gasteiger partial charge in [-0.05, 0) is 41.1 Å². The molecule has 0 aliphatic carbocycles. The van der Waals surface area contributed by atoms with Crippen molar-refractivity contribution in [1.82, 2.24) is 5.32 Å². The molecular formula is C15H17BrFNS. The van der Waals surface area contributed by atoms with Crippen molar-refractivity contribution < 1.29 is 4.39 Å². The minimum atomic E-state index is -0.197. The smallest absolute Gasteiger partial charge is 0.123 e. The lowest BCUT2D eigenvalue weighted by Gasteiger charge is -2.21. The zero-order chi connectivity index (χ0) is 13.8. The first kappa shape index (κ1) is 14.7. The van der Waals surface area contributed by atoms with Gasteiger partial charge in [0.2, 0.25) is 0 Å². The van der Waals surface area contributed by atoms with Gasteiger partial charge in [0, 0.05) is 21.9 Å². The third-order valence-corrected chi connectivity index (χ3v) is 4.77. The molecular weight excluding hydrogens is 325 g/mol. The van der Waals surface area contributed by atoms with Crippen molar-refractivity contribution in [3.8, 4) is 0 Å². The Kier molecular flexibility index (Phi) is 5.13. The fraction of sp³-hybridized carbons (Fsp3) is 0.333. The van der Waals surface area contributed by atoms with Crippen molar-refractivity contribution in [2.24, 2.45) is 5.92 Å². The summed E-state index contributed by atoms with van der Waals surface area (Å²) in [5, 5.41) is 5.61. The van der Waals surface area contributed by atoms with E-state index in [4.69, 9.17) is 0 Å². The van der Waals surface area contributed by atoms with Gasteiger partial charge >= 0.3 is 0 Å². The summed E-state index contributed by atoms with van der Waals surface area (Å²) in [4.78, 5) is 1.32. The molecule has 1 aromatic heterocycles. The van der Waals surface area contributed by atoms with Gasteiger partial charge in [-0.2, -0.15) is 0 Å². The molecule has 19 heavy (non-hydrogen) atoms. The van der Waals surface area contributed by atoms with E-state index in [2.05, 4.69) is 52.6 Å². The average Bonchev–Trinajstić information content (AvgIpc) is 2.87. The topological polar surface area (TPSA) is 12.0 Å². The number of hydrogen-bond acceptors (Lipinski definition) is 2. The number of hydrogen-bond donors (Lipinski definition) is 1. The molecule has 1 nitrogen and oxygen atoms in total. The number of benzene rings is 1. The van der Waals surface area contributed by atoms with E-state index in [9.17, 15) is 4.39 Å². The molecule has 0 amide bonds. The molecule has 102 valence electrons. The number of halogens is 2. The normalized spacial score (nSPS) is 12.9. The van der Waals surface area contributed by atoms with Gasteiger partial charge in [0.1, 0.15) is 5.82 Å². The van der Waals surface area contributed by atoms with Crippen LogP contribution in [0, 0.1) is 11.7 Å². The molecule has 2 aromatic rings. The molecule has 1 unspecified atom stereocenters. The third kappa shape index (κ3) is 3.88. The number of thiophene rings is 1. The SMILES string of the molecule is CC(C)C(NCc1cc(F)ccc1Br)c1cccs1. The molecule has 0 spiro atoms. The maximum Gasteiger partial charge on any atom is 0.123 e. The van der Waals surface area contributed by atoms with Crippen LogP contribution in [-0.4, -0.2) is 0 Å². The van der Waals surface area contributed by atoms with Crippen molar-refractivity contribution in [3.05, 3.63) is 56.4 Å². The molecule has 1 heterocycles. The summed E-state index contributed by atoms with van der Waals surface area (Å²) >= 11 is 5.22. The Morgan fingerprint density at radius 3 is 2.74 bits per heavy atom. The van der Waals surface area contributed by atoms with Gasteiger partial charge in [0.05, 0.1) is 0 Å². The summed E-state index contributed by atoms with van der Waals surface area (Å²) in [6, 6.07) is 9.30. The van der Waals surface area contributed by atoms with Crippen LogP contribution >= 0.6 is 27.3 Å². The van der Waals surface area contributed by atoms with Crippen LogP contribution in [0.2, 0.25) is 0 Å². The van der Waals surface area contributed by atoms with Gasteiger partial charge in [-0.25, -0.2) is 4.39 Å². The molecule has 0 radical (unpaired) electrons. The number of nitrogens with one attached hydrogen (secondary N) is 1. The maximum atomic E-state index is 13.3. The fourth-order valence-electron chi connectivity index (χ4n) is 2.03. The van der Waals surface area contributed by atoms with Crippen molar-refractivity contribution in [3.63, 3.8) is 0 Å². The van der Waals surface area contributed by atoms with E-state index in [0.717, 1.165) is 10.0 Å². The van der Waals surface area contributed by atoms with Gasteiger partial charge in [0.25, 0.3) is 0 Å². The highest BCUT2D eigenvalue weighted by Crippen LogP contribution is 2.27. The summed E-state index contributed by atoms with van der Waals surface area (Å²) < 4.78 is 14.2. The van der Waals surface area contributed by atoms with Crippen molar-refractivity contribution >= 4 is 27.3 Å². The summed E-state index contributed by atoms with van der Waals surface area (Å²) in [6.07, 6.45) is 0.